The maximum absolute atomic E-state index is 12.6. The Balaban J connectivity index is 3.36. The largest absolute Gasteiger partial charge is 0.508 e. The molecule has 5 atom stereocenters. The lowest BCUT2D eigenvalue weighted by Gasteiger charge is -2.28. The van der Waals surface area contributed by atoms with Crippen LogP contribution in [0.5, 0.6) is 11.5 Å². The summed E-state index contributed by atoms with van der Waals surface area (Å²) in [6, 6.07) is 3.11. The highest BCUT2D eigenvalue weighted by Gasteiger charge is 2.33. The predicted molar refractivity (Wildman–Crippen MR) is 141 cm³/mol. The second-order valence-electron chi connectivity index (χ2n) is 10.2. The highest BCUT2D eigenvalue weighted by atomic mass is 16.7. The number of ether oxygens (including phenoxy) is 4. The van der Waals surface area contributed by atoms with Gasteiger partial charge in [0.2, 0.25) is 0 Å². The van der Waals surface area contributed by atoms with Crippen molar-refractivity contribution in [1.29, 1.82) is 0 Å². The summed E-state index contributed by atoms with van der Waals surface area (Å²) in [7, 11) is 0. The zero-order valence-corrected chi connectivity index (χ0v) is 23.5. The summed E-state index contributed by atoms with van der Waals surface area (Å²) in [6.07, 6.45) is 0.658. The first-order chi connectivity index (χ1) is 17.8. The zero-order valence-electron chi connectivity index (χ0n) is 23.5. The Morgan fingerprint density at radius 1 is 0.868 bits per heavy atom. The predicted octanol–water partition coefficient (Wildman–Crippen LogP) is 5.06. The minimum absolute atomic E-state index is 0.0109. The number of hydrogen-bond acceptors (Lipinski definition) is 9. The van der Waals surface area contributed by atoms with Gasteiger partial charge < -0.3 is 29.8 Å². The number of benzene rings is 1. The normalized spacial score (nSPS) is 15.1. The van der Waals surface area contributed by atoms with Gasteiger partial charge in [-0.2, -0.15) is 0 Å². The first-order valence-electron chi connectivity index (χ1n) is 13.2. The van der Waals surface area contributed by atoms with Gasteiger partial charge in [0.1, 0.15) is 6.04 Å². The molecule has 0 heterocycles. The number of esters is 2. The number of carboxylic acids is 1. The van der Waals surface area contributed by atoms with Crippen molar-refractivity contribution in [2.45, 2.75) is 92.2 Å². The molecule has 38 heavy (non-hydrogen) atoms. The van der Waals surface area contributed by atoms with Crippen LogP contribution < -0.4 is 15.2 Å². The molecule has 0 saturated carbocycles. The Morgan fingerprint density at radius 3 is 1.87 bits per heavy atom. The molecule has 10 nitrogen and oxygen atoms in total. The Morgan fingerprint density at radius 2 is 1.39 bits per heavy atom. The summed E-state index contributed by atoms with van der Waals surface area (Å²) >= 11 is 0. The van der Waals surface area contributed by atoms with E-state index < -0.39 is 41.9 Å². The van der Waals surface area contributed by atoms with E-state index in [-0.39, 0.29) is 48.9 Å². The van der Waals surface area contributed by atoms with Crippen LogP contribution in [0.3, 0.4) is 0 Å². The SMILES string of the molecule is CCC(C)CC(=O)Oc1ccc(C(C(C)COC(=O)OC(C)C)[C@H](N)C(=O)O)cc1OC(=O)CC(C)CC. The van der Waals surface area contributed by atoms with E-state index in [4.69, 9.17) is 24.7 Å². The summed E-state index contributed by atoms with van der Waals surface area (Å²) in [6.45, 7) is 12.6. The Labute approximate surface area is 225 Å². The molecular weight excluding hydrogens is 494 g/mol. The van der Waals surface area contributed by atoms with Gasteiger partial charge >= 0.3 is 24.1 Å². The van der Waals surface area contributed by atoms with Crippen molar-refractivity contribution in [2.24, 2.45) is 23.5 Å². The lowest BCUT2D eigenvalue weighted by molar-refractivity contribution is -0.139. The van der Waals surface area contributed by atoms with Crippen molar-refractivity contribution in [3.63, 3.8) is 0 Å². The number of hydrogen-bond donors (Lipinski definition) is 2. The van der Waals surface area contributed by atoms with Gasteiger partial charge in [-0.25, -0.2) is 4.79 Å². The van der Waals surface area contributed by atoms with Crippen molar-refractivity contribution >= 4 is 24.1 Å². The third kappa shape index (κ3) is 11.1. The molecule has 0 radical (unpaired) electrons. The van der Waals surface area contributed by atoms with Crippen LogP contribution >= 0.6 is 0 Å². The number of carboxylic acid groups (broad SMARTS) is 1. The Kier molecular flexibility index (Phi) is 13.8. The van der Waals surface area contributed by atoms with Crippen LogP contribution in [0.25, 0.3) is 0 Å². The van der Waals surface area contributed by atoms with E-state index in [1.54, 1.807) is 26.8 Å². The number of aliphatic carboxylic acids is 1. The van der Waals surface area contributed by atoms with Gasteiger partial charge in [-0.1, -0.05) is 53.5 Å². The average Bonchev–Trinajstić information content (AvgIpc) is 2.83. The summed E-state index contributed by atoms with van der Waals surface area (Å²) in [4.78, 5) is 48.8. The van der Waals surface area contributed by atoms with Crippen molar-refractivity contribution in [3.8, 4) is 11.5 Å². The summed E-state index contributed by atoms with van der Waals surface area (Å²) in [5.41, 5.74) is 6.46. The van der Waals surface area contributed by atoms with Gasteiger partial charge in [0.25, 0.3) is 0 Å². The van der Waals surface area contributed by atoms with Crippen LogP contribution in [-0.4, -0.2) is 47.9 Å². The summed E-state index contributed by atoms with van der Waals surface area (Å²) in [5, 5.41) is 9.67. The molecule has 0 aliphatic rings. The Hall–Kier alpha value is -3.14. The molecule has 0 amide bonds. The van der Waals surface area contributed by atoms with E-state index in [2.05, 4.69) is 0 Å². The van der Waals surface area contributed by atoms with Crippen LogP contribution in [0.2, 0.25) is 0 Å². The molecule has 0 aliphatic heterocycles. The van der Waals surface area contributed by atoms with E-state index in [0.29, 0.717) is 5.56 Å². The third-order valence-electron chi connectivity index (χ3n) is 6.31. The van der Waals surface area contributed by atoms with E-state index in [0.717, 1.165) is 12.8 Å². The first kappa shape index (κ1) is 32.9. The second kappa shape index (κ2) is 16.0. The van der Waals surface area contributed by atoms with Crippen molar-refractivity contribution in [2.75, 3.05) is 6.61 Å². The van der Waals surface area contributed by atoms with E-state index in [1.165, 1.54) is 12.1 Å². The van der Waals surface area contributed by atoms with Crippen molar-refractivity contribution < 1.29 is 43.2 Å². The lowest BCUT2D eigenvalue weighted by Crippen LogP contribution is -2.40. The zero-order chi connectivity index (χ0) is 29.0. The van der Waals surface area contributed by atoms with Crippen molar-refractivity contribution in [1.82, 2.24) is 0 Å². The molecule has 0 bridgehead atoms. The van der Waals surface area contributed by atoms with Gasteiger partial charge in [0.05, 0.1) is 12.7 Å². The van der Waals surface area contributed by atoms with Crippen LogP contribution in [0.4, 0.5) is 4.79 Å². The molecule has 10 heteroatoms. The molecule has 0 fully saturated rings. The average molecular weight is 538 g/mol. The van der Waals surface area contributed by atoms with Crippen LogP contribution in [0, 0.1) is 17.8 Å². The fraction of sp³-hybridized carbons (Fsp3) is 0.643. The number of carbonyl (C=O) groups excluding carboxylic acids is 3. The Bertz CT molecular complexity index is 946. The standard InChI is InChI=1S/C28H43NO9/c1-8-17(5)12-23(30)37-21-11-10-20(14-22(21)38-24(31)13-18(6)9-2)25(26(29)27(32)33)19(7)15-35-28(34)36-16(3)4/h10-11,14,16-19,25-26H,8-9,12-13,15,29H2,1-7H3,(H,32,33)/t17?,18?,19?,25?,26-/m0/s1. The molecule has 214 valence electrons. The fourth-order valence-corrected chi connectivity index (χ4v) is 3.66. The highest BCUT2D eigenvalue weighted by molar-refractivity contribution is 5.77. The van der Waals surface area contributed by atoms with Gasteiger partial charge in [0, 0.05) is 18.8 Å². The molecule has 3 N–H and O–H groups in total. The topological polar surface area (TPSA) is 151 Å². The minimum atomic E-state index is -1.36. The van der Waals surface area contributed by atoms with Crippen LogP contribution in [0.1, 0.15) is 85.6 Å². The van der Waals surface area contributed by atoms with Crippen LogP contribution in [-0.2, 0) is 23.9 Å². The molecule has 4 unspecified atom stereocenters. The van der Waals surface area contributed by atoms with E-state index in [9.17, 15) is 24.3 Å². The first-order valence-corrected chi connectivity index (χ1v) is 13.2. The van der Waals surface area contributed by atoms with Gasteiger partial charge in [-0.05, 0) is 49.3 Å². The maximum atomic E-state index is 12.6. The van der Waals surface area contributed by atoms with E-state index in [1.807, 2.05) is 27.7 Å². The van der Waals surface area contributed by atoms with Gasteiger partial charge in [-0.3, -0.25) is 14.4 Å². The van der Waals surface area contributed by atoms with Gasteiger partial charge in [-0.15, -0.1) is 0 Å². The number of nitrogens with two attached hydrogens (primary N) is 1. The summed E-state index contributed by atoms with van der Waals surface area (Å²) < 4.78 is 21.2. The minimum Gasteiger partial charge on any atom is -0.480 e. The molecule has 0 aliphatic carbocycles. The van der Waals surface area contributed by atoms with Crippen LogP contribution in [0.15, 0.2) is 18.2 Å². The molecule has 0 aromatic heterocycles. The third-order valence-corrected chi connectivity index (χ3v) is 6.31. The number of rotatable bonds is 15. The molecular formula is C28H43NO9. The maximum Gasteiger partial charge on any atom is 0.508 e. The second-order valence-corrected chi connectivity index (χ2v) is 10.2. The molecule has 1 rings (SSSR count). The molecule has 0 spiro atoms. The lowest BCUT2D eigenvalue weighted by atomic mass is 9.82. The monoisotopic (exact) mass is 537 g/mol. The van der Waals surface area contributed by atoms with Gasteiger partial charge in [0.15, 0.2) is 11.5 Å². The smallest absolute Gasteiger partial charge is 0.480 e. The molecule has 1 aromatic carbocycles. The molecule has 1 aromatic rings. The summed E-state index contributed by atoms with van der Waals surface area (Å²) in [5.74, 6) is -3.41. The quantitative estimate of drug-likeness (QED) is 0.229. The van der Waals surface area contributed by atoms with E-state index >= 15 is 0 Å². The molecule has 0 saturated heterocycles. The fourth-order valence-electron chi connectivity index (χ4n) is 3.66. The highest BCUT2D eigenvalue weighted by Crippen LogP contribution is 2.36. The van der Waals surface area contributed by atoms with Crippen molar-refractivity contribution in [3.05, 3.63) is 23.8 Å². The number of carbonyl (C=O) groups is 4.